The van der Waals surface area contributed by atoms with E-state index in [9.17, 15) is 9.59 Å². The first-order chi connectivity index (χ1) is 12.0. The molecule has 3 aromatic rings. The van der Waals surface area contributed by atoms with Gasteiger partial charge in [0.05, 0.1) is 23.5 Å². The molecule has 0 aliphatic rings. The number of carbonyl (C=O) groups excluding carboxylic acids is 2. The van der Waals surface area contributed by atoms with E-state index in [0.29, 0.717) is 4.80 Å². The molecule has 0 bridgehead atoms. The lowest BCUT2D eigenvalue weighted by Gasteiger charge is -2.05. The van der Waals surface area contributed by atoms with Gasteiger partial charge in [-0.15, -0.1) is 0 Å². The van der Waals surface area contributed by atoms with Gasteiger partial charge < -0.3 is 9.30 Å². The lowest BCUT2D eigenvalue weighted by molar-refractivity contribution is -0.141. The summed E-state index contributed by atoms with van der Waals surface area (Å²) in [7, 11) is 1.33. The molecule has 7 nitrogen and oxygen atoms in total. The van der Waals surface area contributed by atoms with Crippen molar-refractivity contribution < 1.29 is 14.3 Å². The van der Waals surface area contributed by atoms with Crippen LogP contribution in [0.25, 0.3) is 10.2 Å². The Kier molecular flexibility index (Phi) is 4.71. The summed E-state index contributed by atoms with van der Waals surface area (Å²) in [5.41, 5.74) is 3.21. The van der Waals surface area contributed by atoms with Gasteiger partial charge in [0.15, 0.2) is 4.80 Å². The fourth-order valence-electron chi connectivity index (χ4n) is 2.31. The average Bonchev–Trinajstić information content (AvgIpc) is 2.92. The summed E-state index contributed by atoms with van der Waals surface area (Å²) in [6.45, 7) is 3.99. The third kappa shape index (κ3) is 3.48. The summed E-state index contributed by atoms with van der Waals surface area (Å²) in [6, 6.07) is 4.00. The highest BCUT2D eigenvalue weighted by Gasteiger charge is 2.14. The zero-order valence-corrected chi connectivity index (χ0v) is 14.8. The highest BCUT2D eigenvalue weighted by atomic mass is 32.1. The largest absolute Gasteiger partial charge is 0.468 e. The number of carbonyl (C=O) groups is 2. The second kappa shape index (κ2) is 6.94. The van der Waals surface area contributed by atoms with E-state index in [2.05, 4.69) is 15.0 Å². The third-order valence-corrected chi connectivity index (χ3v) is 4.83. The Balaban J connectivity index is 2.19. The molecule has 3 rings (SSSR count). The minimum absolute atomic E-state index is 0.0222. The number of aryl methyl sites for hydroxylation is 2. The molecule has 0 spiro atoms. The number of thiazole rings is 1. The van der Waals surface area contributed by atoms with Crippen molar-refractivity contribution in [2.24, 2.45) is 4.99 Å². The van der Waals surface area contributed by atoms with E-state index in [0.717, 1.165) is 21.3 Å². The Morgan fingerprint density at radius 2 is 2.00 bits per heavy atom. The van der Waals surface area contributed by atoms with Crippen molar-refractivity contribution >= 4 is 33.4 Å². The maximum Gasteiger partial charge on any atom is 0.325 e. The second-order valence-corrected chi connectivity index (χ2v) is 6.47. The van der Waals surface area contributed by atoms with Gasteiger partial charge in [-0.1, -0.05) is 11.3 Å². The van der Waals surface area contributed by atoms with Crippen LogP contribution < -0.4 is 4.80 Å². The monoisotopic (exact) mass is 356 g/mol. The maximum atomic E-state index is 12.3. The molecule has 0 aliphatic carbocycles. The van der Waals surface area contributed by atoms with E-state index >= 15 is 0 Å². The number of nitrogens with zero attached hydrogens (tertiary/aromatic N) is 4. The third-order valence-electron chi connectivity index (χ3n) is 3.79. The number of aromatic nitrogens is 3. The highest BCUT2D eigenvalue weighted by Crippen LogP contribution is 2.22. The first-order valence-electron chi connectivity index (χ1n) is 7.52. The minimum Gasteiger partial charge on any atom is -0.468 e. The molecule has 8 heteroatoms. The maximum absolute atomic E-state index is 12.3. The Labute approximate surface area is 147 Å². The molecule has 1 aromatic carbocycles. The quantitative estimate of drug-likeness (QED) is 0.670. The van der Waals surface area contributed by atoms with Crippen molar-refractivity contribution in [2.45, 2.75) is 20.4 Å². The summed E-state index contributed by atoms with van der Waals surface area (Å²) in [6.07, 6.45) is 4.28. The van der Waals surface area contributed by atoms with Crippen LogP contribution in [0.4, 0.5) is 0 Å². The molecule has 0 aliphatic heterocycles. The molecule has 1 amide bonds. The number of benzene rings is 1. The number of hydrogen-bond acceptors (Lipinski definition) is 6. The lowest BCUT2D eigenvalue weighted by Crippen LogP contribution is -2.22. The second-order valence-electron chi connectivity index (χ2n) is 5.46. The van der Waals surface area contributed by atoms with E-state index in [-0.39, 0.29) is 12.2 Å². The smallest absolute Gasteiger partial charge is 0.325 e. The van der Waals surface area contributed by atoms with E-state index in [1.54, 1.807) is 4.57 Å². The zero-order chi connectivity index (χ0) is 18.0. The molecule has 0 fully saturated rings. The van der Waals surface area contributed by atoms with Gasteiger partial charge in [-0.05, 0) is 37.1 Å². The van der Waals surface area contributed by atoms with E-state index < -0.39 is 11.9 Å². The number of fused-ring (bicyclic) bond motifs is 1. The van der Waals surface area contributed by atoms with Crippen molar-refractivity contribution in [2.75, 3.05) is 7.11 Å². The van der Waals surface area contributed by atoms with E-state index in [1.807, 2.05) is 26.0 Å². The van der Waals surface area contributed by atoms with Crippen LogP contribution in [0.1, 0.15) is 21.6 Å². The normalized spacial score (nSPS) is 11.7. The summed E-state index contributed by atoms with van der Waals surface area (Å²) in [4.78, 5) is 36.5. The molecule has 0 radical (unpaired) electrons. The Hall–Kier alpha value is -2.87. The van der Waals surface area contributed by atoms with Gasteiger partial charge in [0, 0.05) is 12.4 Å². The van der Waals surface area contributed by atoms with Crippen LogP contribution in [-0.2, 0) is 16.1 Å². The average molecular weight is 356 g/mol. The Morgan fingerprint density at radius 3 is 2.68 bits per heavy atom. The van der Waals surface area contributed by atoms with E-state index in [4.69, 9.17) is 4.74 Å². The lowest BCUT2D eigenvalue weighted by atomic mass is 10.1. The van der Waals surface area contributed by atoms with Crippen molar-refractivity contribution in [3.05, 3.63) is 52.3 Å². The van der Waals surface area contributed by atoms with Crippen LogP contribution in [-0.4, -0.2) is 33.5 Å². The van der Waals surface area contributed by atoms with Crippen LogP contribution in [0, 0.1) is 13.8 Å². The number of methoxy groups -OCH3 is 1. The van der Waals surface area contributed by atoms with Gasteiger partial charge in [-0.25, -0.2) is 4.98 Å². The first-order valence-corrected chi connectivity index (χ1v) is 8.33. The molecular weight excluding hydrogens is 340 g/mol. The van der Waals surface area contributed by atoms with Crippen LogP contribution >= 0.6 is 11.3 Å². The Morgan fingerprint density at radius 1 is 1.24 bits per heavy atom. The molecule has 128 valence electrons. The topological polar surface area (TPSA) is 86.4 Å². The predicted molar refractivity (Wildman–Crippen MR) is 93.2 cm³/mol. The molecule has 2 heterocycles. The van der Waals surface area contributed by atoms with Crippen LogP contribution in [0.15, 0.2) is 35.7 Å². The molecule has 0 saturated carbocycles. The fraction of sp³-hybridized carbons (Fsp3) is 0.235. The summed E-state index contributed by atoms with van der Waals surface area (Å²) in [5.74, 6) is -0.918. The number of hydrogen-bond donors (Lipinski definition) is 0. The number of amides is 1. The fourth-order valence-corrected chi connectivity index (χ4v) is 3.41. The zero-order valence-electron chi connectivity index (χ0n) is 14.0. The molecule has 0 saturated heterocycles. The molecule has 0 atom stereocenters. The highest BCUT2D eigenvalue weighted by molar-refractivity contribution is 7.16. The van der Waals surface area contributed by atoms with Gasteiger partial charge in [0.2, 0.25) is 0 Å². The van der Waals surface area contributed by atoms with Crippen molar-refractivity contribution in [1.82, 2.24) is 14.5 Å². The van der Waals surface area contributed by atoms with Crippen molar-refractivity contribution in [1.29, 1.82) is 0 Å². The SMILES string of the molecule is COC(=O)Cn1c(=NC(=O)c2cnccn2)sc2cc(C)c(C)cc21. The van der Waals surface area contributed by atoms with Gasteiger partial charge in [0.1, 0.15) is 12.2 Å². The molecule has 2 aromatic heterocycles. The molecule has 0 N–H and O–H groups in total. The van der Waals surface area contributed by atoms with Crippen LogP contribution in [0.3, 0.4) is 0 Å². The van der Waals surface area contributed by atoms with Gasteiger partial charge in [-0.2, -0.15) is 4.99 Å². The van der Waals surface area contributed by atoms with Gasteiger partial charge in [-0.3, -0.25) is 14.6 Å². The number of ether oxygens (including phenoxy) is 1. The summed E-state index contributed by atoms with van der Waals surface area (Å²) < 4.78 is 7.40. The van der Waals surface area contributed by atoms with Crippen LogP contribution in [0.2, 0.25) is 0 Å². The molecular formula is C17H16N4O3S. The van der Waals surface area contributed by atoms with Gasteiger partial charge >= 0.3 is 5.97 Å². The first kappa shape index (κ1) is 17.0. The predicted octanol–water partition coefficient (Wildman–Crippen LogP) is 2.02. The van der Waals surface area contributed by atoms with Crippen LogP contribution in [0.5, 0.6) is 0 Å². The van der Waals surface area contributed by atoms with Crippen molar-refractivity contribution in [3.8, 4) is 0 Å². The van der Waals surface area contributed by atoms with Gasteiger partial charge in [0.25, 0.3) is 5.91 Å². The number of esters is 1. The molecule has 25 heavy (non-hydrogen) atoms. The van der Waals surface area contributed by atoms with Crippen molar-refractivity contribution in [3.63, 3.8) is 0 Å². The summed E-state index contributed by atoms with van der Waals surface area (Å²) in [5, 5.41) is 0. The Bertz CT molecular complexity index is 1020. The summed E-state index contributed by atoms with van der Waals surface area (Å²) >= 11 is 1.34. The molecule has 0 unspecified atom stereocenters. The minimum atomic E-state index is -0.508. The van der Waals surface area contributed by atoms with E-state index in [1.165, 1.54) is 37.0 Å². The number of rotatable bonds is 3. The standard InChI is InChI=1S/C17H16N4O3S/c1-10-6-13-14(7-11(10)2)25-17(21(13)9-15(22)24-3)20-16(23)12-8-18-4-5-19-12/h4-8H,9H2,1-3H3.